The third-order valence-corrected chi connectivity index (χ3v) is 1.74. The average Bonchev–Trinajstić information content (AvgIpc) is 2.14. The molecule has 1 unspecified atom stereocenters. The van der Waals surface area contributed by atoms with E-state index in [9.17, 15) is 4.79 Å². The Morgan fingerprint density at radius 2 is 2.07 bits per heavy atom. The van der Waals surface area contributed by atoms with Gasteiger partial charge in [-0.3, -0.25) is 4.79 Å². The molecule has 4 nitrogen and oxygen atoms in total. The summed E-state index contributed by atoms with van der Waals surface area (Å²) in [5.41, 5.74) is -0.927. The quantitative estimate of drug-likeness (QED) is 0.723. The van der Waals surface area contributed by atoms with Crippen molar-refractivity contribution in [3.63, 3.8) is 0 Å². The van der Waals surface area contributed by atoms with Crippen molar-refractivity contribution < 1.29 is 52.1 Å². The normalized spacial score (nSPS) is 14.0. The Morgan fingerprint density at radius 3 is 2.43 bits per heavy atom. The molecule has 0 aliphatic heterocycles. The summed E-state index contributed by atoms with van der Waals surface area (Å²) in [5, 5.41) is 9.01. The van der Waals surface area contributed by atoms with Crippen LogP contribution in [-0.2, 0) is 47.0 Å². The van der Waals surface area contributed by atoms with Crippen molar-refractivity contribution in [1.29, 1.82) is 0 Å². The number of carbonyl (C=O) groups is 1. The van der Waals surface area contributed by atoms with E-state index in [1.807, 2.05) is 6.92 Å². The number of aliphatic hydroxyl groups is 1. The molecule has 0 spiro atoms. The minimum Gasteiger partial charge on any atom is -0.465 e. The number of carbonyl (C=O) groups excluding carboxylic acids is 1. The fourth-order valence-electron chi connectivity index (χ4n) is 0.857. The molecular formula is C9H18O4Y. The number of hydrogen-bond donors (Lipinski definition) is 1. The van der Waals surface area contributed by atoms with Crippen LogP contribution in [0.4, 0.5) is 0 Å². The molecule has 5 heteroatoms. The molecule has 1 atom stereocenters. The molecule has 0 rings (SSSR count). The summed E-state index contributed by atoms with van der Waals surface area (Å²) in [6, 6.07) is 0. The maximum atomic E-state index is 11.4. The maximum Gasteiger partial charge on any atom is 0.316 e. The third kappa shape index (κ3) is 5.39. The first-order valence-corrected chi connectivity index (χ1v) is 4.37. The molecule has 1 N–H and O–H groups in total. The molecule has 0 aliphatic rings. The molecule has 0 fully saturated rings. The largest absolute Gasteiger partial charge is 0.465 e. The van der Waals surface area contributed by atoms with Crippen molar-refractivity contribution in [3.8, 4) is 0 Å². The van der Waals surface area contributed by atoms with Gasteiger partial charge in [-0.1, -0.05) is 6.92 Å². The maximum absolute atomic E-state index is 11.4. The average molecular weight is 279 g/mol. The van der Waals surface area contributed by atoms with Crippen molar-refractivity contribution in [1.82, 2.24) is 0 Å². The number of ether oxygens (including phenoxy) is 2. The minimum absolute atomic E-state index is 0. The summed E-state index contributed by atoms with van der Waals surface area (Å²) < 4.78 is 9.76. The van der Waals surface area contributed by atoms with Crippen LogP contribution in [0.3, 0.4) is 0 Å². The standard InChI is InChI=1S/C9H18O4.Y/c1-4-5-13-8(11)9(2,6-10)7-12-3;/h10H,4-7H2,1-3H3;. The van der Waals surface area contributed by atoms with E-state index in [0.717, 1.165) is 6.42 Å². The van der Waals surface area contributed by atoms with Crippen LogP contribution in [0.2, 0.25) is 0 Å². The first-order chi connectivity index (χ1) is 6.10. The molecular weight excluding hydrogens is 261 g/mol. The molecule has 14 heavy (non-hydrogen) atoms. The van der Waals surface area contributed by atoms with Gasteiger partial charge in [-0.25, -0.2) is 0 Å². The van der Waals surface area contributed by atoms with Crippen molar-refractivity contribution in [2.24, 2.45) is 5.41 Å². The number of esters is 1. The fourth-order valence-corrected chi connectivity index (χ4v) is 0.857. The predicted molar refractivity (Wildman–Crippen MR) is 48.3 cm³/mol. The SMILES string of the molecule is CCCOC(=O)C(C)(CO)COC.[Y]. The van der Waals surface area contributed by atoms with Gasteiger partial charge in [0.25, 0.3) is 0 Å². The van der Waals surface area contributed by atoms with Crippen LogP contribution in [0.15, 0.2) is 0 Å². The van der Waals surface area contributed by atoms with Gasteiger partial charge in [-0.05, 0) is 13.3 Å². The van der Waals surface area contributed by atoms with E-state index in [1.54, 1.807) is 6.92 Å². The topological polar surface area (TPSA) is 55.8 Å². The Morgan fingerprint density at radius 1 is 1.50 bits per heavy atom. The Hall–Kier alpha value is 0.494. The van der Waals surface area contributed by atoms with Crippen LogP contribution in [0.25, 0.3) is 0 Å². The summed E-state index contributed by atoms with van der Waals surface area (Å²) >= 11 is 0. The molecule has 0 amide bonds. The van der Waals surface area contributed by atoms with Crippen LogP contribution in [0.1, 0.15) is 20.3 Å². The van der Waals surface area contributed by atoms with Gasteiger partial charge in [0.2, 0.25) is 0 Å². The van der Waals surface area contributed by atoms with Gasteiger partial charge >= 0.3 is 5.97 Å². The van der Waals surface area contributed by atoms with Gasteiger partial charge in [0.15, 0.2) is 0 Å². The third-order valence-electron chi connectivity index (χ3n) is 1.74. The van der Waals surface area contributed by atoms with Crippen molar-refractivity contribution in [2.75, 3.05) is 26.9 Å². The molecule has 0 bridgehead atoms. The Kier molecular flexibility index (Phi) is 10.6. The molecule has 0 aromatic heterocycles. The van der Waals surface area contributed by atoms with Gasteiger partial charge in [0.1, 0.15) is 5.41 Å². The van der Waals surface area contributed by atoms with Crippen LogP contribution >= 0.6 is 0 Å². The van der Waals surface area contributed by atoms with E-state index in [-0.39, 0.29) is 45.9 Å². The summed E-state index contributed by atoms with van der Waals surface area (Å²) in [4.78, 5) is 11.4. The van der Waals surface area contributed by atoms with E-state index in [0.29, 0.717) is 6.61 Å². The molecule has 0 aromatic rings. The smallest absolute Gasteiger partial charge is 0.316 e. The summed E-state index contributed by atoms with van der Waals surface area (Å²) in [6.45, 7) is 3.84. The van der Waals surface area contributed by atoms with E-state index < -0.39 is 11.4 Å². The van der Waals surface area contributed by atoms with E-state index in [2.05, 4.69) is 0 Å². The molecule has 0 aliphatic carbocycles. The first-order valence-electron chi connectivity index (χ1n) is 4.37. The summed E-state index contributed by atoms with van der Waals surface area (Å²) in [5.74, 6) is -0.404. The van der Waals surface area contributed by atoms with Crippen molar-refractivity contribution in [3.05, 3.63) is 0 Å². The van der Waals surface area contributed by atoms with Crippen LogP contribution in [0, 0.1) is 5.41 Å². The first kappa shape index (κ1) is 16.9. The summed E-state index contributed by atoms with van der Waals surface area (Å²) in [6.07, 6.45) is 0.778. The van der Waals surface area contributed by atoms with Gasteiger partial charge in [0, 0.05) is 39.8 Å². The number of hydrogen-bond acceptors (Lipinski definition) is 4. The van der Waals surface area contributed by atoms with Gasteiger partial charge in [0.05, 0.1) is 19.8 Å². The van der Waals surface area contributed by atoms with Gasteiger partial charge in [-0.2, -0.15) is 0 Å². The second kappa shape index (κ2) is 8.77. The van der Waals surface area contributed by atoms with Crippen LogP contribution in [-0.4, -0.2) is 38.0 Å². The number of methoxy groups -OCH3 is 1. The fraction of sp³-hybridized carbons (Fsp3) is 0.889. The van der Waals surface area contributed by atoms with E-state index in [1.165, 1.54) is 7.11 Å². The predicted octanol–water partition coefficient (Wildman–Crippen LogP) is 0.582. The molecule has 0 saturated carbocycles. The van der Waals surface area contributed by atoms with Gasteiger partial charge in [-0.15, -0.1) is 0 Å². The Bertz CT molecular complexity index is 163. The van der Waals surface area contributed by atoms with E-state index >= 15 is 0 Å². The Balaban J connectivity index is 0. The second-order valence-corrected chi connectivity index (χ2v) is 3.29. The second-order valence-electron chi connectivity index (χ2n) is 3.29. The zero-order valence-electron chi connectivity index (χ0n) is 9.08. The number of rotatable bonds is 6. The van der Waals surface area contributed by atoms with Crippen LogP contribution in [0.5, 0.6) is 0 Å². The van der Waals surface area contributed by atoms with Crippen LogP contribution < -0.4 is 0 Å². The summed E-state index contributed by atoms with van der Waals surface area (Å²) in [7, 11) is 1.49. The van der Waals surface area contributed by atoms with E-state index in [4.69, 9.17) is 14.6 Å². The monoisotopic (exact) mass is 279 g/mol. The molecule has 0 aromatic carbocycles. The van der Waals surface area contributed by atoms with Crippen molar-refractivity contribution >= 4 is 5.97 Å². The zero-order valence-corrected chi connectivity index (χ0v) is 11.9. The molecule has 1 radical (unpaired) electrons. The molecule has 81 valence electrons. The minimum atomic E-state index is -0.927. The Labute approximate surface area is 110 Å². The number of aliphatic hydroxyl groups excluding tert-OH is 1. The molecule has 0 heterocycles. The van der Waals surface area contributed by atoms with Crippen molar-refractivity contribution in [2.45, 2.75) is 20.3 Å². The molecule has 0 saturated heterocycles. The van der Waals surface area contributed by atoms with Gasteiger partial charge < -0.3 is 14.6 Å². The zero-order chi connectivity index (χ0) is 10.3.